The molecule has 0 aliphatic carbocycles. The summed E-state index contributed by atoms with van der Waals surface area (Å²) in [5.41, 5.74) is 8.30. The third-order valence-corrected chi connectivity index (χ3v) is 4.35. The molecular weight excluding hydrogens is 483 g/mol. The third kappa shape index (κ3) is 6.81. The number of aliphatic imine (C=N–C) groups is 1. The van der Waals surface area contributed by atoms with Crippen molar-refractivity contribution in [2.45, 2.75) is 20.4 Å². The highest BCUT2D eigenvalue weighted by molar-refractivity contribution is 14.0. The van der Waals surface area contributed by atoms with Crippen LogP contribution in [0.1, 0.15) is 29.8 Å². The Morgan fingerprint density at radius 3 is 2.28 bits per heavy atom. The van der Waals surface area contributed by atoms with Crippen LogP contribution in [0.15, 0.2) is 47.5 Å². The molecule has 0 heterocycles. The lowest BCUT2D eigenvalue weighted by atomic mass is 10.1. The zero-order valence-electron chi connectivity index (χ0n) is 17.3. The third-order valence-electron chi connectivity index (χ3n) is 4.35. The zero-order chi connectivity index (χ0) is 20.5. The summed E-state index contributed by atoms with van der Waals surface area (Å²) in [6.07, 6.45) is 0. The van der Waals surface area contributed by atoms with Gasteiger partial charge in [0.1, 0.15) is 11.5 Å². The van der Waals surface area contributed by atoms with Crippen LogP contribution in [-0.2, 0) is 6.54 Å². The average molecular weight is 512 g/mol. The summed E-state index contributed by atoms with van der Waals surface area (Å²) in [6.45, 7) is 5.72. The number of carbonyl (C=O) groups is 1. The fourth-order valence-electron chi connectivity index (χ4n) is 2.71. The van der Waals surface area contributed by atoms with E-state index in [2.05, 4.69) is 10.3 Å². The number of methoxy groups -OCH3 is 2. The number of guanidine groups is 1. The molecule has 0 saturated heterocycles. The highest BCUT2D eigenvalue weighted by atomic mass is 127. The van der Waals surface area contributed by atoms with E-state index in [9.17, 15) is 4.79 Å². The Morgan fingerprint density at radius 2 is 1.72 bits per heavy atom. The predicted molar refractivity (Wildman–Crippen MR) is 128 cm³/mol. The van der Waals surface area contributed by atoms with Gasteiger partial charge in [-0.2, -0.15) is 0 Å². The van der Waals surface area contributed by atoms with Gasteiger partial charge in [0.25, 0.3) is 5.91 Å². The van der Waals surface area contributed by atoms with Gasteiger partial charge in [-0.05, 0) is 43.7 Å². The largest absolute Gasteiger partial charge is 0.497 e. The highest BCUT2D eigenvalue weighted by Gasteiger charge is 2.12. The summed E-state index contributed by atoms with van der Waals surface area (Å²) in [5, 5.41) is 3.03. The second-order valence-corrected chi connectivity index (χ2v) is 6.07. The molecule has 7 nitrogen and oxygen atoms in total. The van der Waals surface area contributed by atoms with Crippen molar-refractivity contribution in [3.63, 3.8) is 0 Å². The molecule has 0 aliphatic heterocycles. The first-order valence-corrected chi connectivity index (χ1v) is 9.19. The predicted octanol–water partition coefficient (Wildman–Crippen LogP) is 3.73. The van der Waals surface area contributed by atoms with Crippen molar-refractivity contribution >= 4 is 41.5 Å². The maximum atomic E-state index is 12.3. The minimum atomic E-state index is 0. The molecule has 0 radical (unpaired) electrons. The fraction of sp³-hybridized carbons (Fsp3) is 0.333. The smallest absolute Gasteiger partial charge is 0.253 e. The van der Waals surface area contributed by atoms with E-state index < -0.39 is 0 Å². The van der Waals surface area contributed by atoms with Gasteiger partial charge in [-0.3, -0.25) is 4.79 Å². The monoisotopic (exact) mass is 512 g/mol. The van der Waals surface area contributed by atoms with Crippen LogP contribution in [0.25, 0.3) is 0 Å². The summed E-state index contributed by atoms with van der Waals surface area (Å²) in [7, 11) is 3.18. The average Bonchev–Trinajstić information content (AvgIpc) is 2.73. The zero-order valence-corrected chi connectivity index (χ0v) is 19.6. The Balaban J connectivity index is 0.00000420. The number of benzene rings is 2. The van der Waals surface area contributed by atoms with Crippen LogP contribution in [0.3, 0.4) is 0 Å². The SMILES string of the molecule is CCN(CC)C(=O)c1ccc(CN=C(N)Nc2cc(OC)ccc2OC)cc1.I. The molecule has 2 rings (SSSR count). The van der Waals surface area contributed by atoms with Crippen molar-refractivity contribution in [1.29, 1.82) is 0 Å². The van der Waals surface area contributed by atoms with Gasteiger partial charge in [-0.15, -0.1) is 24.0 Å². The first kappa shape index (κ1) is 24.5. The standard InChI is InChI=1S/C21H28N4O3.HI/c1-5-25(6-2)20(26)16-9-7-15(8-10-16)14-23-21(22)24-18-13-17(27-3)11-12-19(18)28-4;/h7-13H,5-6,14H2,1-4H3,(H3,22,23,24);1H. The molecule has 2 aromatic carbocycles. The van der Waals surface area contributed by atoms with E-state index in [-0.39, 0.29) is 35.8 Å². The van der Waals surface area contributed by atoms with E-state index in [0.717, 1.165) is 5.56 Å². The Labute approximate surface area is 189 Å². The number of nitrogens with zero attached hydrogens (tertiary/aromatic N) is 2. The van der Waals surface area contributed by atoms with Gasteiger partial charge in [-0.1, -0.05) is 12.1 Å². The number of hydrogen-bond donors (Lipinski definition) is 2. The highest BCUT2D eigenvalue weighted by Crippen LogP contribution is 2.28. The van der Waals surface area contributed by atoms with Gasteiger partial charge < -0.3 is 25.4 Å². The quantitative estimate of drug-likeness (QED) is 0.320. The maximum absolute atomic E-state index is 12.3. The van der Waals surface area contributed by atoms with Crippen molar-refractivity contribution < 1.29 is 14.3 Å². The van der Waals surface area contributed by atoms with Gasteiger partial charge >= 0.3 is 0 Å². The van der Waals surface area contributed by atoms with Crippen LogP contribution < -0.4 is 20.5 Å². The first-order valence-electron chi connectivity index (χ1n) is 9.19. The summed E-state index contributed by atoms with van der Waals surface area (Å²) in [4.78, 5) is 18.5. The lowest BCUT2D eigenvalue weighted by Gasteiger charge is -2.18. The number of hydrogen-bond acceptors (Lipinski definition) is 4. The Morgan fingerprint density at radius 1 is 1.07 bits per heavy atom. The Bertz CT molecular complexity index is 821. The minimum absolute atomic E-state index is 0. The molecule has 158 valence electrons. The molecule has 0 atom stereocenters. The van der Waals surface area contributed by atoms with Crippen molar-refractivity contribution in [2.75, 3.05) is 32.6 Å². The summed E-state index contributed by atoms with van der Waals surface area (Å²) in [5.74, 6) is 1.61. The van der Waals surface area contributed by atoms with E-state index in [1.54, 1.807) is 37.3 Å². The molecule has 2 aromatic rings. The van der Waals surface area contributed by atoms with Gasteiger partial charge in [0.15, 0.2) is 5.96 Å². The van der Waals surface area contributed by atoms with E-state index in [1.807, 2.05) is 38.1 Å². The molecule has 0 aromatic heterocycles. The van der Waals surface area contributed by atoms with Crippen molar-refractivity contribution in [1.82, 2.24) is 4.90 Å². The number of nitrogens with one attached hydrogen (secondary N) is 1. The van der Waals surface area contributed by atoms with Crippen LogP contribution in [0.2, 0.25) is 0 Å². The van der Waals surface area contributed by atoms with Crippen LogP contribution in [-0.4, -0.2) is 44.1 Å². The molecule has 29 heavy (non-hydrogen) atoms. The summed E-state index contributed by atoms with van der Waals surface area (Å²) < 4.78 is 10.5. The first-order chi connectivity index (χ1) is 13.5. The number of carbonyl (C=O) groups excluding carboxylic acids is 1. The second-order valence-electron chi connectivity index (χ2n) is 6.07. The molecule has 0 fully saturated rings. The van der Waals surface area contributed by atoms with E-state index in [0.29, 0.717) is 42.4 Å². The van der Waals surface area contributed by atoms with Crippen molar-refractivity contribution in [2.24, 2.45) is 10.7 Å². The van der Waals surface area contributed by atoms with Crippen molar-refractivity contribution in [3.05, 3.63) is 53.6 Å². The number of nitrogens with two attached hydrogens (primary N) is 1. The second kappa shape index (κ2) is 12.2. The number of anilines is 1. The molecule has 8 heteroatoms. The van der Waals surface area contributed by atoms with Crippen molar-refractivity contribution in [3.8, 4) is 11.5 Å². The topological polar surface area (TPSA) is 89.2 Å². The van der Waals surface area contributed by atoms with Gasteiger partial charge in [0.2, 0.25) is 0 Å². The summed E-state index contributed by atoms with van der Waals surface area (Å²) in [6, 6.07) is 12.8. The van der Waals surface area contributed by atoms with Gasteiger partial charge in [0, 0.05) is 24.7 Å². The number of ether oxygens (including phenoxy) is 2. The molecular formula is C21H29IN4O3. The van der Waals surface area contributed by atoms with Crippen LogP contribution >= 0.6 is 24.0 Å². The fourth-order valence-corrected chi connectivity index (χ4v) is 2.71. The number of halogens is 1. The van der Waals surface area contributed by atoms with E-state index >= 15 is 0 Å². The molecule has 0 bridgehead atoms. The van der Waals surface area contributed by atoms with Crippen LogP contribution in [0.4, 0.5) is 5.69 Å². The lowest BCUT2D eigenvalue weighted by Crippen LogP contribution is -2.30. The van der Waals surface area contributed by atoms with Crippen LogP contribution in [0.5, 0.6) is 11.5 Å². The molecule has 0 unspecified atom stereocenters. The van der Waals surface area contributed by atoms with E-state index in [1.165, 1.54) is 0 Å². The number of amides is 1. The molecule has 0 aliphatic rings. The molecule has 0 spiro atoms. The van der Waals surface area contributed by atoms with E-state index in [4.69, 9.17) is 15.2 Å². The summed E-state index contributed by atoms with van der Waals surface area (Å²) >= 11 is 0. The number of rotatable bonds is 8. The molecule has 0 saturated carbocycles. The molecule has 3 N–H and O–H groups in total. The lowest BCUT2D eigenvalue weighted by molar-refractivity contribution is 0.0773. The maximum Gasteiger partial charge on any atom is 0.253 e. The molecule has 1 amide bonds. The Hall–Kier alpha value is -2.49. The normalized spacial score (nSPS) is 10.7. The van der Waals surface area contributed by atoms with Crippen LogP contribution in [0, 0.1) is 0 Å². The van der Waals surface area contributed by atoms with Gasteiger partial charge in [-0.25, -0.2) is 4.99 Å². The van der Waals surface area contributed by atoms with Gasteiger partial charge in [0.05, 0.1) is 26.5 Å². The minimum Gasteiger partial charge on any atom is -0.497 e. The Kier molecular flexibility index (Phi) is 10.3.